The van der Waals surface area contributed by atoms with Gasteiger partial charge in [-0.25, -0.2) is 0 Å². The van der Waals surface area contributed by atoms with Gasteiger partial charge < -0.3 is 9.47 Å². The maximum Gasteiger partial charge on any atom is 0.109 e. The van der Waals surface area contributed by atoms with E-state index in [0.29, 0.717) is 13.2 Å². The highest BCUT2D eigenvalue weighted by atomic mass is 16.5. The maximum atomic E-state index is 5.61. The molecular formula is C19H30O2. The first-order valence-corrected chi connectivity index (χ1v) is 8.58. The van der Waals surface area contributed by atoms with E-state index in [9.17, 15) is 0 Å². The van der Waals surface area contributed by atoms with Crippen LogP contribution in [0.15, 0.2) is 0 Å². The van der Waals surface area contributed by atoms with Crippen LogP contribution >= 0.6 is 0 Å². The Morgan fingerprint density at radius 1 is 1.00 bits per heavy atom. The van der Waals surface area contributed by atoms with Gasteiger partial charge in [0, 0.05) is 13.0 Å². The lowest BCUT2D eigenvalue weighted by Crippen LogP contribution is -2.25. The molecule has 1 aliphatic heterocycles. The highest BCUT2D eigenvalue weighted by Gasteiger charge is 2.12. The van der Waals surface area contributed by atoms with Gasteiger partial charge in [-0.15, -0.1) is 0 Å². The molecule has 1 aliphatic rings. The molecule has 1 saturated heterocycles. The molecule has 1 heterocycles. The second-order valence-corrected chi connectivity index (χ2v) is 5.63. The third kappa shape index (κ3) is 11.4. The number of hydrogen-bond acceptors (Lipinski definition) is 2. The largest absolute Gasteiger partial charge is 0.379 e. The van der Waals surface area contributed by atoms with Crippen molar-refractivity contribution in [1.29, 1.82) is 0 Å². The van der Waals surface area contributed by atoms with Gasteiger partial charge in [-0.1, -0.05) is 57.3 Å². The molecule has 0 spiro atoms. The Balaban J connectivity index is 1.89. The Morgan fingerprint density at radius 2 is 1.76 bits per heavy atom. The van der Waals surface area contributed by atoms with Gasteiger partial charge in [0.2, 0.25) is 0 Å². The molecule has 2 nitrogen and oxygen atoms in total. The van der Waals surface area contributed by atoms with Crippen molar-refractivity contribution in [3.05, 3.63) is 0 Å². The van der Waals surface area contributed by atoms with Crippen LogP contribution < -0.4 is 0 Å². The van der Waals surface area contributed by atoms with Crippen molar-refractivity contribution in [2.24, 2.45) is 0 Å². The van der Waals surface area contributed by atoms with Gasteiger partial charge in [-0.2, -0.15) is 0 Å². The molecule has 0 aliphatic carbocycles. The van der Waals surface area contributed by atoms with Crippen LogP contribution in [0, 0.1) is 23.7 Å². The SMILES string of the molecule is CCCCCCCCCC#CC#CCOC1CCCOC1. The average molecular weight is 290 g/mol. The summed E-state index contributed by atoms with van der Waals surface area (Å²) in [5, 5.41) is 0. The third-order valence-corrected chi connectivity index (χ3v) is 3.65. The van der Waals surface area contributed by atoms with Crippen LogP contribution in [0.3, 0.4) is 0 Å². The van der Waals surface area contributed by atoms with E-state index < -0.39 is 0 Å². The first-order valence-electron chi connectivity index (χ1n) is 8.58. The number of rotatable bonds is 9. The van der Waals surface area contributed by atoms with E-state index in [1.54, 1.807) is 0 Å². The van der Waals surface area contributed by atoms with Crippen LogP contribution in [0.5, 0.6) is 0 Å². The van der Waals surface area contributed by atoms with Crippen molar-refractivity contribution in [2.75, 3.05) is 19.8 Å². The minimum Gasteiger partial charge on any atom is -0.379 e. The molecule has 0 N–H and O–H groups in total. The van der Waals surface area contributed by atoms with Crippen LogP contribution in [-0.4, -0.2) is 25.9 Å². The van der Waals surface area contributed by atoms with Gasteiger partial charge in [-0.3, -0.25) is 0 Å². The van der Waals surface area contributed by atoms with E-state index in [-0.39, 0.29) is 6.10 Å². The zero-order chi connectivity index (χ0) is 15.0. The molecule has 2 heteroatoms. The van der Waals surface area contributed by atoms with Gasteiger partial charge in [-0.05, 0) is 31.1 Å². The maximum absolute atomic E-state index is 5.61. The fourth-order valence-electron chi connectivity index (χ4n) is 2.36. The normalized spacial score (nSPS) is 17.5. The molecule has 1 rings (SSSR count). The quantitative estimate of drug-likeness (QED) is 0.465. The van der Waals surface area contributed by atoms with Crippen molar-refractivity contribution in [3.8, 4) is 23.7 Å². The summed E-state index contributed by atoms with van der Waals surface area (Å²) < 4.78 is 11.0. The van der Waals surface area contributed by atoms with Gasteiger partial charge in [0.05, 0.1) is 12.7 Å². The van der Waals surface area contributed by atoms with Crippen LogP contribution in [0.25, 0.3) is 0 Å². The van der Waals surface area contributed by atoms with E-state index in [1.807, 2.05) is 0 Å². The lowest BCUT2D eigenvalue weighted by molar-refractivity contribution is -0.0393. The molecular weight excluding hydrogens is 260 g/mol. The van der Waals surface area contributed by atoms with Gasteiger partial charge >= 0.3 is 0 Å². The Morgan fingerprint density at radius 3 is 2.52 bits per heavy atom. The molecule has 1 atom stereocenters. The predicted octanol–water partition coefficient (Wildman–Crippen LogP) is 4.33. The minimum absolute atomic E-state index is 0.230. The molecule has 1 fully saturated rings. The molecule has 0 aromatic heterocycles. The second kappa shape index (κ2) is 14.0. The van der Waals surface area contributed by atoms with E-state index in [1.165, 1.54) is 44.9 Å². The predicted molar refractivity (Wildman–Crippen MR) is 88.0 cm³/mol. The number of ether oxygens (including phenoxy) is 2. The van der Waals surface area contributed by atoms with Crippen molar-refractivity contribution in [2.45, 2.75) is 77.2 Å². The zero-order valence-electron chi connectivity index (χ0n) is 13.6. The van der Waals surface area contributed by atoms with Crippen molar-refractivity contribution < 1.29 is 9.47 Å². The Kier molecular flexibility index (Phi) is 12.1. The fourth-order valence-corrected chi connectivity index (χ4v) is 2.36. The van der Waals surface area contributed by atoms with Crippen molar-refractivity contribution >= 4 is 0 Å². The van der Waals surface area contributed by atoms with Gasteiger partial charge in [0.25, 0.3) is 0 Å². The van der Waals surface area contributed by atoms with E-state index in [2.05, 4.69) is 30.6 Å². The van der Waals surface area contributed by atoms with Crippen molar-refractivity contribution in [1.82, 2.24) is 0 Å². The second-order valence-electron chi connectivity index (χ2n) is 5.63. The molecule has 0 amide bonds. The molecule has 0 aromatic rings. The lowest BCUT2D eigenvalue weighted by Gasteiger charge is -2.21. The highest BCUT2D eigenvalue weighted by Crippen LogP contribution is 2.09. The number of hydrogen-bond donors (Lipinski definition) is 0. The van der Waals surface area contributed by atoms with Gasteiger partial charge in [0.15, 0.2) is 0 Å². The molecule has 0 aromatic carbocycles. The first-order chi connectivity index (χ1) is 10.4. The van der Waals surface area contributed by atoms with Crippen LogP contribution in [0.4, 0.5) is 0 Å². The smallest absolute Gasteiger partial charge is 0.109 e. The zero-order valence-corrected chi connectivity index (χ0v) is 13.6. The molecule has 0 radical (unpaired) electrons. The fraction of sp³-hybridized carbons (Fsp3) is 0.789. The van der Waals surface area contributed by atoms with E-state index >= 15 is 0 Å². The summed E-state index contributed by atoms with van der Waals surface area (Å²) in [5.74, 6) is 11.9. The van der Waals surface area contributed by atoms with E-state index in [0.717, 1.165) is 25.9 Å². The van der Waals surface area contributed by atoms with Crippen LogP contribution in [-0.2, 0) is 9.47 Å². The summed E-state index contributed by atoms with van der Waals surface area (Å²) in [4.78, 5) is 0. The highest BCUT2D eigenvalue weighted by molar-refractivity contribution is 5.25. The van der Waals surface area contributed by atoms with Crippen LogP contribution in [0.2, 0.25) is 0 Å². The summed E-state index contributed by atoms with van der Waals surface area (Å²) in [7, 11) is 0. The van der Waals surface area contributed by atoms with E-state index in [4.69, 9.17) is 9.47 Å². The summed E-state index contributed by atoms with van der Waals surface area (Å²) in [6.45, 7) is 4.31. The summed E-state index contributed by atoms with van der Waals surface area (Å²) >= 11 is 0. The molecule has 118 valence electrons. The Labute approximate surface area is 131 Å². The lowest BCUT2D eigenvalue weighted by atomic mass is 10.1. The molecule has 0 saturated carbocycles. The summed E-state index contributed by atoms with van der Waals surface area (Å²) in [5.41, 5.74) is 0. The first kappa shape index (κ1) is 18.1. The molecule has 1 unspecified atom stereocenters. The minimum atomic E-state index is 0.230. The van der Waals surface area contributed by atoms with Crippen LogP contribution in [0.1, 0.15) is 71.1 Å². The van der Waals surface area contributed by atoms with Gasteiger partial charge in [0.1, 0.15) is 6.61 Å². The molecule has 21 heavy (non-hydrogen) atoms. The molecule has 0 bridgehead atoms. The number of unbranched alkanes of at least 4 members (excludes halogenated alkanes) is 7. The third-order valence-electron chi connectivity index (χ3n) is 3.65. The Bertz CT molecular complexity index is 347. The monoisotopic (exact) mass is 290 g/mol. The summed E-state index contributed by atoms with van der Waals surface area (Å²) in [6.07, 6.45) is 12.7. The summed E-state index contributed by atoms with van der Waals surface area (Å²) in [6, 6.07) is 0. The van der Waals surface area contributed by atoms with Crippen molar-refractivity contribution in [3.63, 3.8) is 0 Å². The average Bonchev–Trinajstić information content (AvgIpc) is 2.53. The topological polar surface area (TPSA) is 18.5 Å². The Hall–Kier alpha value is -0.960. The standard InChI is InChI=1S/C19H30O2/c1-2-3-4-5-6-7-8-9-10-11-12-13-17-21-19-15-14-16-20-18-19/h19H,2-9,14-18H2,1H3.